The van der Waals surface area contributed by atoms with Gasteiger partial charge in [-0.15, -0.1) is 0 Å². The van der Waals surface area contributed by atoms with E-state index in [1.54, 1.807) is 36.2 Å². The molecule has 1 amide bonds. The van der Waals surface area contributed by atoms with E-state index in [1.165, 1.54) is 12.1 Å². The molecule has 2 aromatic rings. The zero-order valence-corrected chi connectivity index (χ0v) is 14.0. The lowest BCUT2D eigenvalue weighted by Crippen LogP contribution is -2.30. The molecule has 4 nitrogen and oxygen atoms in total. The third-order valence-electron chi connectivity index (χ3n) is 3.42. The van der Waals surface area contributed by atoms with E-state index < -0.39 is 0 Å². The van der Waals surface area contributed by atoms with Gasteiger partial charge >= 0.3 is 0 Å². The molecule has 2 rings (SSSR count). The lowest BCUT2D eigenvalue weighted by molar-refractivity contribution is -0.132. The Balaban J connectivity index is 1.80. The molecule has 0 heterocycles. The van der Waals surface area contributed by atoms with Crippen molar-refractivity contribution in [2.24, 2.45) is 0 Å². The van der Waals surface area contributed by atoms with Gasteiger partial charge in [-0.3, -0.25) is 4.79 Å². The number of ether oxygens (including phenoxy) is 2. The van der Waals surface area contributed by atoms with Crippen molar-refractivity contribution in [3.05, 3.63) is 59.9 Å². The lowest BCUT2D eigenvalue weighted by Gasteiger charge is -2.17. The third kappa shape index (κ3) is 5.57. The molecule has 0 radical (unpaired) electrons. The minimum absolute atomic E-state index is 0.0488. The van der Waals surface area contributed by atoms with Gasteiger partial charge in [0.25, 0.3) is 5.91 Å². The van der Waals surface area contributed by atoms with Crippen molar-refractivity contribution in [2.75, 3.05) is 20.3 Å². The van der Waals surface area contributed by atoms with Gasteiger partial charge < -0.3 is 14.4 Å². The summed E-state index contributed by atoms with van der Waals surface area (Å²) in [5, 5.41) is 0. The average molecular weight is 331 g/mol. The van der Waals surface area contributed by atoms with E-state index in [1.807, 2.05) is 19.1 Å². The summed E-state index contributed by atoms with van der Waals surface area (Å²) in [5.41, 5.74) is 0.865. The Labute approximate surface area is 141 Å². The molecule has 0 aliphatic rings. The number of hydrogen-bond donors (Lipinski definition) is 0. The summed E-state index contributed by atoms with van der Waals surface area (Å²) in [6, 6.07) is 13.3. The zero-order valence-electron chi connectivity index (χ0n) is 14.0. The third-order valence-corrected chi connectivity index (χ3v) is 3.42. The minimum Gasteiger partial charge on any atom is -0.494 e. The van der Waals surface area contributed by atoms with E-state index in [-0.39, 0.29) is 18.3 Å². The van der Waals surface area contributed by atoms with E-state index in [2.05, 4.69) is 0 Å². The Kier molecular flexibility index (Phi) is 6.61. The van der Waals surface area contributed by atoms with Gasteiger partial charge in [-0.2, -0.15) is 0 Å². The van der Waals surface area contributed by atoms with Crippen LogP contribution in [0.2, 0.25) is 0 Å². The first-order valence-corrected chi connectivity index (χ1v) is 7.92. The molecule has 0 N–H and O–H groups in total. The number of hydrogen-bond acceptors (Lipinski definition) is 3. The smallest absolute Gasteiger partial charge is 0.260 e. The standard InChI is InChI=1S/C19H22FNO3/c1-3-12-23-17-8-10-18(11-9-17)24-14-19(22)21(2)13-15-4-6-16(20)7-5-15/h4-11H,3,12-14H2,1-2H3. The summed E-state index contributed by atoms with van der Waals surface area (Å²) < 4.78 is 23.9. The van der Waals surface area contributed by atoms with Gasteiger partial charge in [-0.05, 0) is 48.4 Å². The van der Waals surface area contributed by atoms with E-state index in [4.69, 9.17) is 9.47 Å². The largest absolute Gasteiger partial charge is 0.494 e. The van der Waals surface area contributed by atoms with Crippen molar-refractivity contribution in [2.45, 2.75) is 19.9 Å². The van der Waals surface area contributed by atoms with Crippen molar-refractivity contribution >= 4 is 5.91 Å². The maximum Gasteiger partial charge on any atom is 0.260 e. The summed E-state index contributed by atoms with van der Waals surface area (Å²) in [5.74, 6) is 0.958. The molecule has 0 bridgehead atoms. The van der Waals surface area contributed by atoms with Crippen molar-refractivity contribution in [3.8, 4) is 11.5 Å². The number of carbonyl (C=O) groups excluding carboxylic acids is 1. The number of amides is 1. The first kappa shape index (κ1) is 17.8. The van der Waals surface area contributed by atoms with Gasteiger partial charge in [0.15, 0.2) is 6.61 Å². The van der Waals surface area contributed by atoms with Gasteiger partial charge in [0.1, 0.15) is 17.3 Å². The Morgan fingerprint density at radius 2 is 1.58 bits per heavy atom. The van der Waals surface area contributed by atoms with Crippen LogP contribution in [0.4, 0.5) is 4.39 Å². The van der Waals surface area contributed by atoms with Crippen LogP contribution in [0.1, 0.15) is 18.9 Å². The predicted octanol–water partition coefficient (Wildman–Crippen LogP) is 3.65. The van der Waals surface area contributed by atoms with Gasteiger partial charge in [0.2, 0.25) is 0 Å². The maximum absolute atomic E-state index is 12.9. The van der Waals surface area contributed by atoms with Crippen LogP contribution >= 0.6 is 0 Å². The highest BCUT2D eigenvalue weighted by atomic mass is 19.1. The number of rotatable bonds is 8. The zero-order chi connectivity index (χ0) is 17.4. The van der Waals surface area contributed by atoms with Crippen molar-refractivity contribution < 1.29 is 18.7 Å². The highest BCUT2D eigenvalue weighted by molar-refractivity contribution is 5.77. The van der Waals surface area contributed by atoms with Crippen molar-refractivity contribution in [1.82, 2.24) is 4.90 Å². The van der Waals surface area contributed by atoms with Crippen LogP contribution in [-0.4, -0.2) is 31.1 Å². The van der Waals surface area contributed by atoms with Crippen molar-refractivity contribution in [3.63, 3.8) is 0 Å². The lowest BCUT2D eigenvalue weighted by atomic mass is 10.2. The fourth-order valence-electron chi connectivity index (χ4n) is 2.06. The van der Waals surface area contributed by atoms with Crippen LogP contribution in [0.3, 0.4) is 0 Å². The summed E-state index contributed by atoms with van der Waals surface area (Å²) in [6.45, 7) is 3.08. The molecule has 0 unspecified atom stereocenters. The molecule has 0 aliphatic carbocycles. The molecule has 0 saturated heterocycles. The maximum atomic E-state index is 12.9. The molecule has 0 aliphatic heterocycles. The summed E-state index contributed by atoms with van der Waals surface area (Å²) in [7, 11) is 1.69. The van der Waals surface area contributed by atoms with E-state index in [0.717, 1.165) is 17.7 Å². The molecule has 0 fully saturated rings. The van der Waals surface area contributed by atoms with Gasteiger partial charge in [0.05, 0.1) is 6.61 Å². The molecule has 128 valence electrons. The predicted molar refractivity (Wildman–Crippen MR) is 90.6 cm³/mol. The second-order valence-corrected chi connectivity index (χ2v) is 5.48. The molecular formula is C19H22FNO3. The number of benzene rings is 2. The fourth-order valence-corrected chi connectivity index (χ4v) is 2.06. The number of halogens is 1. The van der Waals surface area contributed by atoms with Crippen molar-refractivity contribution in [1.29, 1.82) is 0 Å². The van der Waals surface area contributed by atoms with Gasteiger partial charge in [-0.25, -0.2) is 4.39 Å². The highest BCUT2D eigenvalue weighted by Gasteiger charge is 2.10. The monoisotopic (exact) mass is 331 g/mol. The normalized spacial score (nSPS) is 10.3. The topological polar surface area (TPSA) is 38.8 Å². The first-order chi connectivity index (χ1) is 11.6. The van der Waals surface area contributed by atoms with Crippen LogP contribution in [0.25, 0.3) is 0 Å². The van der Waals surface area contributed by atoms with Gasteiger partial charge in [-0.1, -0.05) is 19.1 Å². The van der Waals surface area contributed by atoms with E-state index >= 15 is 0 Å². The van der Waals surface area contributed by atoms with E-state index in [9.17, 15) is 9.18 Å². The van der Waals surface area contributed by atoms with E-state index in [0.29, 0.717) is 18.9 Å². The number of carbonyl (C=O) groups is 1. The quantitative estimate of drug-likeness (QED) is 0.741. The van der Waals surface area contributed by atoms with Crippen LogP contribution in [-0.2, 0) is 11.3 Å². The molecule has 5 heteroatoms. The molecule has 2 aromatic carbocycles. The second-order valence-electron chi connectivity index (χ2n) is 5.48. The molecule has 24 heavy (non-hydrogen) atoms. The molecule has 0 saturated carbocycles. The molecule has 0 atom stereocenters. The highest BCUT2D eigenvalue weighted by Crippen LogP contribution is 2.17. The number of nitrogens with zero attached hydrogens (tertiary/aromatic N) is 1. The Bertz CT molecular complexity index is 641. The average Bonchev–Trinajstić information content (AvgIpc) is 2.60. The van der Waals surface area contributed by atoms with Crippen LogP contribution in [0, 0.1) is 5.82 Å². The Hall–Kier alpha value is -2.56. The second kappa shape index (κ2) is 8.91. The minimum atomic E-state index is -0.289. The molecule has 0 aromatic heterocycles. The SMILES string of the molecule is CCCOc1ccc(OCC(=O)N(C)Cc2ccc(F)cc2)cc1. The van der Waals surface area contributed by atoms with Gasteiger partial charge in [0, 0.05) is 13.6 Å². The summed E-state index contributed by atoms with van der Waals surface area (Å²) in [4.78, 5) is 13.6. The summed E-state index contributed by atoms with van der Waals surface area (Å²) >= 11 is 0. The Morgan fingerprint density at radius 3 is 2.17 bits per heavy atom. The first-order valence-electron chi connectivity index (χ1n) is 7.92. The number of likely N-dealkylation sites (N-methyl/N-ethyl adjacent to an activating group) is 1. The van der Waals surface area contributed by atoms with Crippen LogP contribution in [0.15, 0.2) is 48.5 Å². The molecule has 0 spiro atoms. The van der Waals surface area contributed by atoms with Crippen LogP contribution in [0.5, 0.6) is 11.5 Å². The Morgan fingerprint density at radius 1 is 1.00 bits per heavy atom. The summed E-state index contributed by atoms with van der Waals surface area (Å²) in [6.07, 6.45) is 0.952. The fraction of sp³-hybridized carbons (Fsp3) is 0.316. The van der Waals surface area contributed by atoms with Crippen LogP contribution < -0.4 is 9.47 Å². The molecular weight excluding hydrogens is 309 g/mol.